The van der Waals surface area contributed by atoms with Crippen molar-refractivity contribution in [2.75, 3.05) is 26.0 Å². The third-order valence-corrected chi connectivity index (χ3v) is 12.7. The van der Waals surface area contributed by atoms with E-state index in [1.54, 1.807) is 24.3 Å². The molecule has 1 heterocycles. The van der Waals surface area contributed by atoms with Crippen molar-refractivity contribution in [3.05, 3.63) is 65.7 Å². The van der Waals surface area contributed by atoms with Gasteiger partial charge in [-0.3, -0.25) is 4.79 Å². The number of ether oxygens (including phenoxy) is 2. The maximum Gasteiger partial charge on any atom is 0.339 e. The predicted octanol–water partition coefficient (Wildman–Crippen LogP) is 9.06. The van der Waals surface area contributed by atoms with Crippen molar-refractivity contribution in [3.8, 4) is 0 Å². The number of cyclic esters (lactones) is 1. The molecule has 4 fully saturated rings. The number of esters is 2. The minimum absolute atomic E-state index is 0.0290. The lowest BCUT2D eigenvalue weighted by molar-refractivity contribution is -0.144. The highest BCUT2D eigenvalue weighted by Gasteiger charge is 2.51. The molecule has 0 aromatic heterocycles. The van der Waals surface area contributed by atoms with Crippen LogP contribution >= 0.6 is 0 Å². The number of hydrogen-bond acceptors (Lipinski definition) is 7. The summed E-state index contributed by atoms with van der Waals surface area (Å²) < 4.78 is 33.4. The Morgan fingerprint density at radius 1 is 0.778 bits per heavy atom. The summed E-state index contributed by atoms with van der Waals surface area (Å²) in [7, 11) is -3.23. The molecule has 9 nitrogen and oxygen atoms in total. The second-order valence-corrected chi connectivity index (χ2v) is 18.2. The summed E-state index contributed by atoms with van der Waals surface area (Å²) in [6.07, 6.45) is 22.3. The van der Waals surface area contributed by atoms with Gasteiger partial charge in [-0.25, -0.2) is 18.0 Å². The van der Waals surface area contributed by atoms with Crippen LogP contribution in [0.15, 0.2) is 59.5 Å². The Bertz CT molecular complexity index is 1630. The Labute approximate surface area is 323 Å². The molecular formula is C44H62N2O7S. The van der Waals surface area contributed by atoms with E-state index in [0.29, 0.717) is 18.6 Å². The van der Waals surface area contributed by atoms with Gasteiger partial charge in [0.05, 0.1) is 17.1 Å². The lowest BCUT2D eigenvalue weighted by Gasteiger charge is -2.56. The second-order valence-electron chi connectivity index (χ2n) is 16.2. The fourth-order valence-electron chi connectivity index (χ4n) is 9.22. The van der Waals surface area contributed by atoms with Crippen LogP contribution in [0.5, 0.6) is 0 Å². The molecule has 2 N–H and O–H groups in total. The van der Waals surface area contributed by atoms with Crippen molar-refractivity contribution in [1.82, 2.24) is 10.6 Å². The molecule has 10 heteroatoms. The Morgan fingerprint density at radius 3 is 1.93 bits per heavy atom. The van der Waals surface area contributed by atoms with Crippen LogP contribution in [-0.2, 0) is 28.9 Å². The number of carbonyl (C=O) groups excluding carboxylic acids is 3. The van der Waals surface area contributed by atoms with Gasteiger partial charge < -0.3 is 20.1 Å². The monoisotopic (exact) mass is 762 g/mol. The van der Waals surface area contributed by atoms with E-state index >= 15 is 0 Å². The molecule has 0 radical (unpaired) electrons. The number of rotatable bonds is 19. The summed E-state index contributed by atoms with van der Waals surface area (Å²) in [6.45, 7) is 3.68. The third kappa shape index (κ3) is 12.4. The van der Waals surface area contributed by atoms with Crippen molar-refractivity contribution in [1.29, 1.82) is 0 Å². The molecule has 0 atom stereocenters. The number of urea groups is 1. The molecule has 296 valence electrons. The minimum atomic E-state index is -3.23. The van der Waals surface area contributed by atoms with Crippen molar-refractivity contribution in [2.24, 2.45) is 17.8 Å². The topological polar surface area (TPSA) is 128 Å². The number of unbranched alkanes of at least 4 members (excludes halogenated alkanes) is 9. The van der Waals surface area contributed by atoms with Gasteiger partial charge >= 0.3 is 18.0 Å². The van der Waals surface area contributed by atoms with Crippen LogP contribution in [0.3, 0.4) is 0 Å². The fraction of sp³-hybridized carbons (Fsp3) is 0.614. The van der Waals surface area contributed by atoms with Crippen LogP contribution in [0.4, 0.5) is 4.79 Å². The van der Waals surface area contributed by atoms with Crippen LogP contribution < -0.4 is 10.6 Å². The smallest absolute Gasteiger partial charge is 0.339 e. The highest BCUT2D eigenvalue weighted by Crippen LogP contribution is 2.55. The molecule has 1 aliphatic heterocycles. The first-order valence-corrected chi connectivity index (χ1v) is 22.4. The molecule has 0 saturated heterocycles. The summed E-state index contributed by atoms with van der Waals surface area (Å²) in [5, 5.41) is 6.52. The molecule has 7 rings (SSSR count). The molecule has 0 unspecified atom stereocenters. The first-order valence-electron chi connectivity index (χ1n) is 20.5. The predicted molar refractivity (Wildman–Crippen MR) is 213 cm³/mol. The molecule has 4 aliphatic carbocycles. The van der Waals surface area contributed by atoms with Gasteiger partial charge in [0.1, 0.15) is 6.61 Å². The molecule has 2 amide bonds. The van der Waals surface area contributed by atoms with Gasteiger partial charge in [0.15, 0.2) is 9.84 Å². The SMILES string of the molecule is CCCCOC(=O)CCCCCCCCCCCNC(=O)NC12CC3CC(CC(C3)C1)C2.CS(=O)(=O)c1ccc(C2=C(c3ccccc3)C(=O)OC2)cc1. The molecule has 4 bridgehead atoms. The Kier molecular flexibility index (Phi) is 15.6. The number of nitrogens with one attached hydrogen (secondary N) is 2. The van der Waals surface area contributed by atoms with E-state index < -0.39 is 9.84 Å². The van der Waals surface area contributed by atoms with Gasteiger partial charge in [-0.05, 0) is 98.8 Å². The standard InChI is InChI=1S/C27H48N2O3.C17H14O4S/c1-2-3-15-32-25(30)13-11-9-7-5-4-6-8-10-12-14-28-26(31)29-27-19-22-16-23(20-27)18-24(17-22)21-27;1-22(19,20)14-9-7-12(8-10-14)15-11-21-17(18)16(15)13-5-3-2-4-6-13/h22-24H,2-21H2,1H3,(H2,28,29,31);2-10H,11H2,1H3. The second kappa shape index (κ2) is 20.3. The highest BCUT2D eigenvalue weighted by atomic mass is 32.2. The number of hydrogen-bond donors (Lipinski definition) is 2. The lowest BCUT2D eigenvalue weighted by atomic mass is 9.53. The quantitative estimate of drug-likeness (QED) is 0.108. The van der Waals surface area contributed by atoms with Crippen LogP contribution in [-0.4, -0.2) is 57.9 Å². The summed E-state index contributed by atoms with van der Waals surface area (Å²) in [5.74, 6) is 2.22. The first kappa shape index (κ1) is 41.5. The summed E-state index contributed by atoms with van der Waals surface area (Å²) in [5.41, 5.74) is 3.02. The number of amides is 2. The van der Waals surface area contributed by atoms with Crippen molar-refractivity contribution in [3.63, 3.8) is 0 Å². The fourth-order valence-corrected chi connectivity index (χ4v) is 9.85. The van der Waals surface area contributed by atoms with Gasteiger partial charge in [0, 0.05) is 30.3 Å². The summed E-state index contributed by atoms with van der Waals surface area (Å²) >= 11 is 0. The zero-order valence-corrected chi connectivity index (χ0v) is 33.4. The molecule has 54 heavy (non-hydrogen) atoms. The molecule has 5 aliphatic rings. The molecule has 2 aromatic rings. The van der Waals surface area contributed by atoms with Gasteiger partial charge in [-0.15, -0.1) is 0 Å². The minimum Gasteiger partial charge on any atom is -0.466 e. The maximum absolute atomic E-state index is 12.4. The van der Waals surface area contributed by atoms with E-state index in [1.807, 2.05) is 30.3 Å². The van der Waals surface area contributed by atoms with E-state index in [4.69, 9.17) is 9.47 Å². The maximum atomic E-state index is 12.4. The average Bonchev–Trinajstić information content (AvgIpc) is 3.52. The Hall–Kier alpha value is -3.66. The van der Waals surface area contributed by atoms with Crippen molar-refractivity contribution in [2.45, 2.75) is 133 Å². The van der Waals surface area contributed by atoms with E-state index in [-0.39, 0.29) is 35.0 Å². The van der Waals surface area contributed by atoms with Crippen LogP contribution in [0.2, 0.25) is 0 Å². The highest BCUT2D eigenvalue weighted by molar-refractivity contribution is 7.90. The van der Waals surface area contributed by atoms with E-state index in [9.17, 15) is 22.8 Å². The van der Waals surface area contributed by atoms with Crippen LogP contribution in [0.25, 0.3) is 11.1 Å². The number of sulfone groups is 1. The first-order chi connectivity index (χ1) is 26.0. The molecular weight excluding hydrogens is 701 g/mol. The van der Waals surface area contributed by atoms with Crippen LogP contribution in [0.1, 0.15) is 134 Å². The number of carbonyl (C=O) groups is 3. The van der Waals surface area contributed by atoms with Gasteiger partial charge in [-0.1, -0.05) is 101 Å². The Balaban J connectivity index is 0.000000222. The van der Waals surface area contributed by atoms with Gasteiger partial charge in [0.2, 0.25) is 0 Å². The van der Waals surface area contributed by atoms with E-state index in [2.05, 4.69) is 17.6 Å². The average molecular weight is 763 g/mol. The molecule has 0 spiro atoms. The van der Waals surface area contributed by atoms with Crippen molar-refractivity contribution < 1.29 is 32.3 Å². The van der Waals surface area contributed by atoms with Gasteiger partial charge in [-0.2, -0.15) is 0 Å². The molecule has 2 aromatic carbocycles. The third-order valence-electron chi connectivity index (χ3n) is 11.6. The van der Waals surface area contributed by atoms with E-state index in [0.717, 1.165) is 73.1 Å². The Morgan fingerprint density at radius 2 is 1.35 bits per heavy atom. The zero-order chi connectivity index (χ0) is 38.4. The largest absolute Gasteiger partial charge is 0.466 e. The normalized spacial score (nSPS) is 22.7. The molecule has 4 saturated carbocycles. The number of benzene rings is 2. The van der Waals surface area contributed by atoms with E-state index in [1.165, 1.54) is 83.3 Å². The summed E-state index contributed by atoms with van der Waals surface area (Å²) in [6, 6.07) is 15.9. The van der Waals surface area contributed by atoms with Crippen molar-refractivity contribution >= 4 is 39.0 Å². The lowest BCUT2D eigenvalue weighted by Crippen LogP contribution is -2.61. The summed E-state index contributed by atoms with van der Waals surface area (Å²) in [4.78, 5) is 36.2. The van der Waals surface area contributed by atoms with Gasteiger partial charge in [0.25, 0.3) is 0 Å². The zero-order valence-electron chi connectivity index (χ0n) is 32.5. The van der Waals surface area contributed by atoms with Crippen LogP contribution in [0, 0.1) is 17.8 Å².